The number of fused-ring (bicyclic) bond motifs is 11. The topological polar surface area (TPSA) is 0 Å². The largest absolute Gasteiger partial charge is 0.0616 e. The molecule has 0 heteroatoms. The first-order valence-corrected chi connectivity index (χ1v) is 33.3. The molecule has 0 saturated heterocycles. The van der Waals surface area contributed by atoms with Crippen LogP contribution in [-0.2, 0) is 5.41 Å². The van der Waals surface area contributed by atoms with E-state index in [4.69, 9.17) is 0 Å². The molecular formula is C95H62. The van der Waals surface area contributed by atoms with Crippen LogP contribution in [0.25, 0.3) is 186 Å². The van der Waals surface area contributed by atoms with Crippen LogP contribution in [0.3, 0.4) is 0 Å². The van der Waals surface area contributed by atoms with E-state index in [9.17, 15) is 0 Å². The van der Waals surface area contributed by atoms with E-state index in [0.29, 0.717) is 0 Å². The maximum atomic E-state index is 2.45. The lowest BCUT2D eigenvalue weighted by Gasteiger charge is -2.23. The average molecular weight is 1200 g/mol. The van der Waals surface area contributed by atoms with E-state index in [1.54, 1.807) is 0 Å². The first kappa shape index (κ1) is 54.7. The van der Waals surface area contributed by atoms with E-state index in [2.05, 4.69) is 354 Å². The molecule has 0 aliphatic heterocycles. The van der Waals surface area contributed by atoms with E-state index in [-0.39, 0.29) is 5.41 Å². The van der Waals surface area contributed by atoms with Gasteiger partial charge in [-0.2, -0.15) is 0 Å². The molecular weight excluding hydrogens is 1140 g/mol. The van der Waals surface area contributed by atoms with Crippen molar-refractivity contribution in [3.8, 4) is 100 Å². The van der Waals surface area contributed by atoms with Crippen molar-refractivity contribution in [3.05, 3.63) is 351 Å². The van der Waals surface area contributed by atoms with Crippen LogP contribution in [0.1, 0.15) is 25.0 Å². The van der Waals surface area contributed by atoms with E-state index >= 15 is 0 Å². The van der Waals surface area contributed by atoms with Crippen LogP contribution in [0.5, 0.6) is 0 Å². The minimum absolute atomic E-state index is 0.204. The van der Waals surface area contributed by atoms with Gasteiger partial charge >= 0.3 is 0 Å². The van der Waals surface area contributed by atoms with Gasteiger partial charge in [-0.3, -0.25) is 0 Å². The summed E-state index contributed by atoms with van der Waals surface area (Å²) in [6.07, 6.45) is 0. The smallest absolute Gasteiger partial charge is 0.0159 e. The SMILES string of the molecule is CC1(C)c2cc(-c3ccc(-c4ccc5c(-c6ccc7ccccc7c6)c6ccccc6c(-c6ccc7ccccc7c6)c5c4)cc3)ccc2-c2ccc(-c3ccc(-c4ccc5c(-c6ccc7ccccc7c6)c6ccccc6c(-c6ccc7ccccc7c6)c5c4)cc3)cc21. The van der Waals surface area contributed by atoms with E-state index in [1.165, 1.54) is 197 Å². The summed E-state index contributed by atoms with van der Waals surface area (Å²) in [5.41, 5.74) is 24.8. The molecule has 19 rings (SSSR count). The van der Waals surface area contributed by atoms with Crippen molar-refractivity contribution in [2.45, 2.75) is 19.3 Å². The average Bonchev–Trinajstić information content (AvgIpc) is 1.63. The highest BCUT2D eigenvalue weighted by Gasteiger charge is 2.36. The van der Waals surface area contributed by atoms with Gasteiger partial charge in [-0.25, -0.2) is 0 Å². The Morgan fingerprint density at radius 2 is 0.379 bits per heavy atom. The van der Waals surface area contributed by atoms with Crippen LogP contribution >= 0.6 is 0 Å². The molecule has 0 unspecified atom stereocenters. The van der Waals surface area contributed by atoms with Gasteiger partial charge in [-0.1, -0.05) is 305 Å². The summed E-state index contributed by atoms with van der Waals surface area (Å²) in [4.78, 5) is 0. The Hall–Kier alpha value is -12.0. The molecule has 0 heterocycles. The summed E-state index contributed by atoms with van der Waals surface area (Å²) in [6.45, 7) is 4.80. The van der Waals surface area contributed by atoms with Crippen molar-refractivity contribution in [2.75, 3.05) is 0 Å². The molecule has 0 radical (unpaired) electrons. The molecule has 442 valence electrons. The Kier molecular flexibility index (Phi) is 12.4. The minimum atomic E-state index is -0.204. The number of rotatable bonds is 8. The van der Waals surface area contributed by atoms with E-state index < -0.39 is 0 Å². The monoisotopic (exact) mass is 1200 g/mol. The maximum Gasteiger partial charge on any atom is 0.0159 e. The molecule has 18 aromatic carbocycles. The standard InChI is InChI=1S/C95H62/c1-95(2)89-57-73(65-31-27-63(28-32-65)71-45-49-85-87(55-71)93(77-41-37-61-17-5-9-21-69(61)53-77)83-25-13-11-23-81(83)91(85)75-39-35-59-15-3-7-19-67(59)51-75)43-47-79(89)80-48-44-74(58-90(80)95)66-33-29-64(30-34-66)72-46-50-86-88(56-72)94(78-42-38-62-18-6-10-22-70(62)54-78)84-26-14-12-24-82(84)92(86)76-40-36-60-16-4-8-20-68(60)52-76/h3-58H,1-2H3. The number of hydrogen-bond acceptors (Lipinski definition) is 0. The first-order valence-electron chi connectivity index (χ1n) is 33.3. The summed E-state index contributed by atoms with van der Waals surface area (Å²) in [5, 5.41) is 20.0. The van der Waals surface area contributed by atoms with Crippen molar-refractivity contribution in [3.63, 3.8) is 0 Å². The van der Waals surface area contributed by atoms with Crippen LogP contribution in [-0.4, -0.2) is 0 Å². The third-order valence-corrected chi connectivity index (χ3v) is 21.0. The van der Waals surface area contributed by atoms with Crippen molar-refractivity contribution >= 4 is 86.2 Å². The highest BCUT2D eigenvalue weighted by Crippen LogP contribution is 2.52. The summed E-state index contributed by atoms with van der Waals surface area (Å²) in [7, 11) is 0. The molecule has 0 N–H and O–H groups in total. The molecule has 18 aromatic rings. The predicted octanol–water partition coefficient (Wildman–Crippen LogP) is 26.6. The zero-order valence-corrected chi connectivity index (χ0v) is 52.8. The fraction of sp³-hybridized carbons (Fsp3) is 0.0316. The zero-order valence-electron chi connectivity index (χ0n) is 52.8. The minimum Gasteiger partial charge on any atom is -0.0616 e. The molecule has 0 bridgehead atoms. The zero-order chi connectivity index (χ0) is 62.9. The highest BCUT2D eigenvalue weighted by molar-refractivity contribution is 6.24. The van der Waals surface area contributed by atoms with Gasteiger partial charge in [0.1, 0.15) is 0 Å². The molecule has 1 aliphatic carbocycles. The van der Waals surface area contributed by atoms with Crippen LogP contribution in [0.4, 0.5) is 0 Å². The summed E-state index contributed by atoms with van der Waals surface area (Å²) >= 11 is 0. The summed E-state index contributed by atoms with van der Waals surface area (Å²) in [5.74, 6) is 0. The molecule has 0 fully saturated rings. The van der Waals surface area contributed by atoms with Crippen molar-refractivity contribution in [1.82, 2.24) is 0 Å². The Morgan fingerprint density at radius 3 is 0.684 bits per heavy atom. The fourth-order valence-corrected chi connectivity index (χ4v) is 16.1. The molecule has 95 heavy (non-hydrogen) atoms. The fourth-order valence-electron chi connectivity index (χ4n) is 16.1. The van der Waals surface area contributed by atoms with Crippen LogP contribution in [0.15, 0.2) is 340 Å². The molecule has 1 aliphatic rings. The van der Waals surface area contributed by atoms with Crippen LogP contribution in [0.2, 0.25) is 0 Å². The Balaban J connectivity index is 0.648. The lowest BCUT2D eigenvalue weighted by Crippen LogP contribution is -2.15. The normalized spacial score (nSPS) is 12.6. The molecule has 0 saturated carbocycles. The third kappa shape index (κ3) is 8.97. The van der Waals surface area contributed by atoms with E-state index in [0.717, 1.165) is 0 Å². The van der Waals surface area contributed by atoms with Crippen LogP contribution in [0, 0.1) is 0 Å². The molecule has 0 amide bonds. The second kappa shape index (κ2) is 21.6. The van der Waals surface area contributed by atoms with Crippen molar-refractivity contribution in [2.24, 2.45) is 0 Å². The van der Waals surface area contributed by atoms with Gasteiger partial charge in [0.2, 0.25) is 0 Å². The van der Waals surface area contributed by atoms with E-state index in [1.807, 2.05) is 0 Å². The third-order valence-electron chi connectivity index (χ3n) is 21.0. The highest BCUT2D eigenvalue weighted by atomic mass is 14.4. The van der Waals surface area contributed by atoms with Gasteiger partial charge in [0.15, 0.2) is 0 Å². The lowest BCUT2D eigenvalue weighted by molar-refractivity contribution is 0.661. The number of benzene rings is 18. The lowest BCUT2D eigenvalue weighted by atomic mass is 9.80. The number of hydrogen-bond donors (Lipinski definition) is 0. The van der Waals surface area contributed by atoms with Gasteiger partial charge in [0.25, 0.3) is 0 Å². The second-order valence-corrected chi connectivity index (χ2v) is 26.7. The quantitative estimate of drug-likeness (QED) is 0.133. The summed E-state index contributed by atoms with van der Waals surface area (Å²) in [6, 6.07) is 128. The Bertz CT molecular complexity index is 5840. The van der Waals surface area contributed by atoms with Gasteiger partial charge in [0, 0.05) is 5.41 Å². The first-order chi connectivity index (χ1) is 46.8. The van der Waals surface area contributed by atoms with Crippen molar-refractivity contribution < 1.29 is 0 Å². The summed E-state index contributed by atoms with van der Waals surface area (Å²) < 4.78 is 0. The molecule has 0 aromatic heterocycles. The van der Waals surface area contributed by atoms with Crippen LogP contribution < -0.4 is 0 Å². The predicted molar refractivity (Wildman–Crippen MR) is 408 cm³/mol. The van der Waals surface area contributed by atoms with Gasteiger partial charge in [0.05, 0.1) is 0 Å². The van der Waals surface area contributed by atoms with Crippen molar-refractivity contribution in [1.29, 1.82) is 0 Å². The Labute approximate surface area is 552 Å². The molecule has 0 atom stereocenters. The molecule has 0 nitrogen and oxygen atoms in total. The Morgan fingerprint density at radius 1 is 0.158 bits per heavy atom. The second-order valence-electron chi connectivity index (χ2n) is 26.7. The molecule has 0 spiro atoms. The van der Waals surface area contributed by atoms with Gasteiger partial charge in [-0.15, -0.1) is 0 Å². The van der Waals surface area contributed by atoms with Gasteiger partial charge < -0.3 is 0 Å². The maximum absolute atomic E-state index is 2.45. The van der Waals surface area contributed by atoms with Gasteiger partial charge in [-0.05, 0) is 246 Å².